The molecule has 5 heteroatoms. The molecule has 15 heavy (non-hydrogen) atoms. The molecule has 2 rings (SSSR count). The molecule has 4 nitrogen and oxygen atoms in total. The minimum atomic E-state index is -2.97. The minimum absolute atomic E-state index is 0.238. The zero-order valence-electron chi connectivity index (χ0n) is 9.28. The van der Waals surface area contributed by atoms with Gasteiger partial charge in [-0.2, -0.15) is 4.31 Å². The molecule has 0 aromatic rings. The lowest BCUT2D eigenvalue weighted by Gasteiger charge is -2.26. The molecule has 0 radical (unpaired) electrons. The maximum atomic E-state index is 12.0. The monoisotopic (exact) mass is 232 g/mol. The molecule has 2 atom stereocenters. The van der Waals surface area contributed by atoms with Gasteiger partial charge in [-0.1, -0.05) is 19.8 Å². The van der Waals surface area contributed by atoms with Crippen molar-refractivity contribution >= 4 is 10.0 Å². The molecule has 1 N–H and O–H groups in total. The summed E-state index contributed by atoms with van der Waals surface area (Å²) in [4.78, 5) is 0. The quantitative estimate of drug-likeness (QED) is 0.704. The second-order valence-corrected chi connectivity index (χ2v) is 6.63. The number of nitrogens with one attached hydrogen (secondary N) is 1. The van der Waals surface area contributed by atoms with E-state index in [-0.39, 0.29) is 6.04 Å². The van der Waals surface area contributed by atoms with Crippen molar-refractivity contribution in [1.29, 1.82) is 0 Å². The SMILES string of the molecule is CCCCCS(=O)(=O)N1C[C@H]2C[C@@H]1CN2. The molecule has 2 aliphatic heterocycles. The van der Waals surface area contributed by atoms with Crippen molar-refractivity contribution in [2.75, 3.05) is 18.8 Å². The molecule has 0 aromatic carbocycles. The maximum Gasteiger partial charge on any atom is 0.214 e. The summed E-state index contributed by atoms with van der Waals surface area (Å²) in [7, 11) is -2.97. The standard InChI is InChI=1S/C10H20N2O2S/c1-2-3-4-5-15(13,14)12-8-9-6-10(12)7-11-9/h9-11H,2-8H2,1H3/t9-,10-/m1/s1. The van der Waals surface area contributed by atoms with E-state index >= 15 is 0 Å². The van der Waals surface area contributed by atoms with Gasteiger partial charge >= 0.3 is 0 Å². The van der Waals surface area contributed by atoms with Crippen molar-refractivity contribution in [3.8, 4) is 0 Å². The van der Waals surface area contributed by atoms with Gasteiger partial charge in [-0.15, -0.1) is 0 Å². The molecule has 2 aliphatic rings. The average molecular weight is 232 g/mol. The van der Waals surface area contributed by atoms with Gasteiger partial charge in [-0.25, -0.2) is 8.42 Å². The summed E-state index contributed by atoms with van der Waals surface area (Å²) in [6, 6.07) is 0.651. The van der Waals surface area contributed by atoms with E-state index in [1.165, 1.54) is 0 Å². The second kappa shape index (κ2) is 4.39. The molecule has 2 fully saturated rings. The van der Waals surface area contributed by atoms with Gasteiger partial charge in [0.05, 0.1) is 5.75 Å². The Balaban J connectivity index is 1.92. The molecule has 0 saturated carbocycles. The van der Waals surface area contributed by atoms with Gasteiger partial charge in [0.25, 0.3) is 0 Å². The van der Waals surface area contributed by atoms with E-state index in [2.05, 4.69) is 12.2 Å². The van der Waals surface area contributed by atoms with Crippen LogP contribution < -0.4 is 5.32 Å². The van der Waals surface area contributed by atoms with Crippen molar-refractivity contribution in [3.05, 3.63) is 0 Å². The van der Waals surface area contributed by atoms with E-state index in [1.807, 2.05) is 0 Å². The van der Waals surface area contributed by atoms with Crippen LogP contribution in [0.3, 0.4) is 0 Å². The Labute approximate surface area is 92.1 Å². The third-order valence-electron chi connectivity index (χ3n) is 3.37. The van der Waals surface area contributed by atoms with Crippen LogP contribution in [-0.2, 0) is 10.0 Å². The van der Waals surface area contributed by atoms with E-state index in [1.54, 1.807) is 4.31 Å². The normalized spacial score (nSPS) is 31.3. The van der Waals surface area contributed by atoms with Crippen LogP contribution in [0.5, 0.6) is 0 Å². The van der Waals surface area contributed by atoms with Crippen LogP contribution in [0.2, 0.25) is 0 Å². The van der Waals surface area contributed by atoms with Gasteiger partial charge < -0.3 is 5.32 Å². The van der Waals surface area contributed by atoms with E-state index in [4.69, 9.17) is 0 Å². The Morgan fingerprint density at radius 1 is 1.40 bits per heavy atom. The summed E-state index contributed by atoms with van der Waals surface area (Å²) >= 11 is 0. The number of unbranched alkanes of at least 4 members (excludes halogenated alkanes) is 2. The summed E-state index contributed by atoms with van der Waals surface area (Å²) in [5.74, 6) is 0.337. The van der Waals surface area contributed by atoms with E-state index in [9.17, 15) is 8.42 Å². The molecule has 2 heterocycles. The topological polar surface area (TPSA) is 49.4 Å². The van der Waals surface area contributed by atoms with Crippen molar-refractivity contribution in [2.24, 2.45) is 0 Å². The largest absolute Gasteiger partial charge is 0.311 e. The first-order valence-electron chi connectivity index (χ1n) is 5.86. The summed E-state index contributed by atoms with van der Waals surface area (Å²) < 4.78 is 25.7. The summed E-state index contributed by atoms with van der Waals surface area (Å²) in [6.45, 7) is 3.63. The summed E-state index contributed by atoms with van der Waals surface area (Å²) in [5.41, 5.74) is 0. The van der Waals surface area contributed by atoms with Crippen LogP contribution >= 0.6 is 0 Å². The molecule has 2 bridgehead atoms. The fourth-order valence-corrected chi connectivity index (χ4v) is 4.34. The first-order valence-corrected chi connectivity index (χ1v) is 7.47. The molecular formula is C10H20N2O2S. The van der Waals surface area contributed by atoms with Gasteiger partial charge in [0, 0.05) is 25.2 Å². The molecule has 0 spiro atoms. The molecule has 0 amide bonds. The van der Waals surface area contributed by atoms with Gasteiger partial charge in [0.15, 0.2) is 0 Å². The Bertz CT molecular complexity index is 315. The van der Waals surface area contributed by atoms with Crippen LogP contribution in [0.4, 0.5) is 0 Å². The van der Waals surface area contributed by atoms with Crippen molar-refractivity contribution < 1.29 is 8.42 Å². The number of rotatable bonds is 5. The first kappa shape index (κ1) is 11.4. The van der Waals surface area contributed by atoms with Crippen molar-refractivity contribution in [1.82, 2.24) is 9.62 Å². The third-order valence-corrected chi connectivity index (χ3v) is 5.34. The zero-order valence-corrected chi connectivity index (χ0v) is 10.1. The van der Waals surface area contributed by atoms with Crippen molar-refractivity contribution in [2.45, 2.75) is 44.7 Å². The van der Waals surface area contributed by atoms with Gasteiger partial charge in [0.1, 0.15) is 0 Å². The number of hydrogen-bond acceptors (Lipinski definition) is 3. The lowest BCUT2D eigenvalue weighted by atomic mass is 10.2. The van der Waals surface area contributed by atoms with Crippen LogP contribution in [0.15, 0.2) is 0 Å². The maximum absolute atomic E-state index is 12.0. The average Bonchev–Trinajstić information content (AvgIpc) is 2.79. The number of fused-ring (bicyclic) bond motifs is 2. The predicted molar refractivity (Wildman–Crippen MR) is 60.2 cm³/mol. The van der Waals surface area contributed by atoms with Gasteiger partial charge in [-0.05, 0) is 12.8 Å². The highest BCUT2D eigenvalue weighted by molar-refractivity contribution is 7.89. The highest BCUT2D eigenvalue weighted by atomic mass is 32.2. The second-order valence-electron chi connectivity index (χ2n) is 4.59. The Morgan fingerprint density at radius 2 is 2.20 bits per heavy atom. The molecule has 0 aliphatic carbocycles. The number of sulfonamides is 1. The molecular weight excluding hydrogens is 212 g/mol. The van der Waals surface area contributed by atoms with Crippen LogP contribution in [0.25, 0.3) is 0 Å². The highest BCUT2D eigenvalue weighted by Crippen LogP contribution is 2.26. The Kier molecular flexibility index (Phi) is 3.33. The number of piperazine rings is 1. The van der Waals surface area contributed by atoms with E-state index < -0.39 is 10.0 Å². The first-order chi connectivity index (χ1) is 7.13. The van der Waals surface area contributed by atoms with Gasteiger partial charge in [0.2, 0.25) is 10.0 Å². The number of nitrogens with zero attached hydrogens (tertiary/aromatic N) is 1. The zero-order chi connectivity index (χ0) is 10.9. The lowest BCUT2D eigenvalue weighted by Crippen LogP contribution is -2.47. The molecule has 0 unspecified atom stereocenters. The smallest absolute Gasteiger partial charge is 0.214 e. The summed E-state index contributed by atoms with van der Waals surface area (Å²) in [5, 5.41) is 3.32. The molecule has 88 valence electrons. The minimum Gasteiger partial charge on any atom is -0.311 e. The van der Waals surface area contributed by atoms with Crippen LogP contribution in [0, 0.1) is 0 Å². The third kappa shape index (κ3) is 2.34. The highest BCUT2D eigenvalue weighted by Gasteiger charge is 2.43. The van der Waals surface area contributed by atoms with Crippen LogP contribution in [-0.4, -0.2) is 43.6 Å². The summed E-state index contributed by atoms with van der Waals surface area (Å²) in [6.07, 6.45) is 3.90. The lowest BCUT2D eigenvalue weighted by molar-refractivity contribution is 0.348. The van der Waals surface area contributed by atoms with Crippen LogP contribution in [0.1, 0.15) is 32.6 Å². The van der Waals surface area contributed by atoms with E-state index in [0.717, 1.165) is 32.2 Å². The number of hydrogen-bond donors (Lipinski definition) is 1. The molecule has 0 aromatic heterocycles. The fourth-order valence-electron chi connectivity index (χ4n) is 2.51. The Morgan fingerprint density at radius 3 is 2.73 bits per heavy atom. The van der Waals surface area contributed by atoms with Crippen molar-refractivity contribution in [3.63, 3.8) is 0 Å². The fraction of sp³-hybridized carbons (Fsp3) is 1.00. The van der Waals surface area contributed by atoms with E-state index in [0.29, 0.717) is 18.3 Å². The predicted octanol–water partition coefficient (Wildman–Crippen LogP) is 0.552. The van der Waals surface area contributed by atoms with Gasteiger partial charge in [-0.3, -0.25) is 0 Å². The Hall–Kier alpha value is -0.130. The molecule has 2 saturated heterocycles.